The number of ether oxygens (including phenoxy) is 1. The number of nitriles is 1. The number of benzene rings is 2. The van der Waals surface area contributed by atoms with Crippen molar-refractivity contribution < 1.29 is 14.1 Å². The minimum absolute atomic E-state index is 0.00878. The predicted molar refractivity (Wildman–Crippen MR) is 124 cm³/mol. The number of rotatable bonds is 4. The molecule has 2 aromatic heterocycles. The van der Waals surface area contributed by atoms with Crippen LogP contribution in [0.15, 0.2) is 70.5 Å². The van der Waals surface area contributed by atoms with E-state index in [1.807, 2.05) is 12.1 Å². The van der Waals surface area contributed by atoms with Gasteiger partial charge in [0.05, 0.1) is 22.1 Å². The largest absolute Gasteiger partial charge is 0.460 e. The summed E-state index contributed by atoms with van der Waals surface area (Å²) in [6.45, 7) is 1.66. The van der Waals surface area contributed by atoms with Crippen molar-refractivity contribution in [3.05, 3.63) is 98.1 Å². The van der Waals surface area contributed by atoms with E-state index in [9.17, 15) is 15.4 Å². The fourth-order valence-electron chi connectivity index (χ4n) is 4.11. The van der Waals surface area contributed by atoms with Crippen molar-refractivity contribution >= 4 is 17.3 Å². The molecule has 5 rings (SSSR count). The first-order valence-electron chi connectivity index (χ1n) is 10.1. The quantitative estimate of drug-likeness (QED) is 0.297. The number of H-pyrrole nitrogens is 1. The molecular formula is C24H16ClN5O4. The van der Waals surface area contributed by atoms with Crippen molar-refractivity contribution in [1.82, 2.24) is 10.2 Å². The lowest BCUT2D eigenvalue weighted by Crippen LogP contribution is -2.20. The highest BCUT2D eigenvalue weighted by atomic mass is 35.5. The Morgan fingerprint density at radius 2 is 1.97 bits per heavy atom. The van der Waals surface area contributed by atoms with Gasteiger partial charge in [0.15, 0.2) is 0 Å². The minimum Gasteiger partial charge on any atom is -0.460 e. The van der Waals surface area contributed by atoms with E-state index in [1.54, 1.807) is 43.3 Å². The molecule has 4 aromatic rings. The molecular weight excluding hydrogens is 458 g/mol. The lowest BCUT2D eigenvalue weighted by Gasteiger charge is -2.22. The number of nitrogens with two attached hydrogens (primary N) is 1. The van der Waals surface area contributed by atoms with Crippen molar-refractivity contribution in [1.29, 1.82) is 5.26 Å². The second kappa shape index (κ2) is 8.10. The molecule has 0 fully saturated rings. The van der Waals surface area contributed by atoms with Gasteiger partial charge in [-0.25, -0.2) is 0 Å². The second-order valence-electron chi connectivity index (χ2n) is 7.66. The van der Waals surface area contributed by atoms with Crippen molar-refractivity contribution in [2.24, 2.45) is 5.73 Å². The molecule has 1 atom stereocenters. The van der Waals surface area contributed by atoms with Gasteiger partial charge in [0, 0.05) is 27.8 Å². The number of nitro groups is 1. The van der Waals surface area contributed by atoms with Crippen LogP contribution in [0.5, 0.6) is 5.88 Å². The normalized spacial score (nSPS) is 14.9. The van der Waals surface area contributed by atoms with Gasteiger partial charge >= 0.3 is 0 Å². The van der Waals surface area contributed by atoms with Crippen LogP contribution in [0.25, 0.3) is 22.6 Å². The maximum absolute atomic E-state index is 11.4. The number of hydrogen-bond donors (Lipinski definition) is 2. The van der Waals surface area contributed by atoms with Crippen LogP contribution in [0.2, 0.25) is 5.02 Å². The molecule has 3 heterocycles. The molecule has 0 spiro atoms. The van der Waals surface area contributed by atoms with Crippen LogP contribution in [0.1, 0.15) is 22.8 Å². The molecule has 168 valence electrons. The Kier molecular flexibility index (Phi) is 5.07. The van der Waals surface area contributed by atoms with E-state index in [4.69, 9.17) is 26.5 Å². The Hall–Kier alpha value is -4.55. The molecule has 2 aromatic carbocycles. The first kappa shape index (κ1) is 21.3. The standard InChI is InChI=1S/C24H16ClN5O4/c1-12-15(3-2-4-17(12)30(31)32)18-9-10-19(33-18)20-16(11-26)23(27)34-24-21(20)22(28-29-24)13-5-7-14(25)8-6-13/h2-10,20H,27H2,1H3,(H,28,29). The van der Waals surface area contributed by atoms with Crippen molar-refractivity contribution in [3.63, 3.8) is 0 Å². The van der Waals surface area contributed by atoms with Crippen molar-refractivity contribution in [3.8, 4) is 34.5 Å². The van der Waals surface area contributed by atoms with E-state index in [0.717, 1.165) is 5.56 Å². The van der Waals surface area contributed by atoms with E-state index in [-0.39, 0.29) is 23.0 Å². The number of nitrogens with zero attached hydrogens (tertiary/aromatic N) is 3. The smallest absolute Gasteiger partial charge is 0.273 e. The number of halogens is 1. The summed E-state index contributed by atoms with van der Waals surface area (Å²) in [5.41, 5.74) is 9.25. The third-order valence-electron chi connectivity index (χ3n) is 5.75. The minimum atomic E-state index is -0.703. The molecule has 9 nitrogen and oxygen atoms in total. The number of aromatic nitrogens is 2. The zero-order valence-electron chi connectivity index (χ0n) is 17.7. The fraction of sp³-hybridized carbons (Fsp3) is 0.0833. The van der Waals surface area contributed by atoms with E-state index in [1.165, 1.54) is 6.07 Å². The van der Waals surface area contributed by atoms with Crippen LogP contribution in [-0.2, 0) is 0 Å². The number of fused-ring (bicyclic) bond motifs is 1. The molecule has 0 amide bonds. The highest BCUT2D eigenvalue weighted by Crippen LogP contribution is 2.47. The summed E-state index contributed by atoms with van der Waals surface area (Å²) in [4.78, 5) is 10.9. The van der Waals surface area contributed by atoms with E-state index in [0.29, 0.717) is 38.9 Å². The topological polar surface area (TPSA) is 144 Å². The Morgan fingerprint density at radius 3 is 2.68 bits per heavy atom. The third kappa shape index (κ3) is 3.37. The highest BCUT2D eigenvalue weighted by molar-refractivity contribution is 6.30. The summed E-state index contributed by atoms with van der Waals surface area (Å²) in [5.74, 6) is 0.304. The van der Waals surface area contributed by atoms with Crippen LogP contribution in [0.3, 0.4) is 0 Å². The molecule has 1 unspecified atom stereocenters. The van der Waals surface area contributed by atoms with E-state index in [2.05, 4.69) is 16.3 Å². The number of allylic oxidation sites excluding steroid dienone is 1. The van der Waals surface area contributed by atoms with Crippen LogP contribution in [-0.4, -0.2) is 15.1 Å². The molecule has 10 heteroatoms. The van der Waals surface area contributed by atoms with Gasteiger partial charge in [0.2, 0.25) is 11.8 Å². The summed E-state index contributed by atoms with van der Waals surface area (Å²) in [6, 6.07) is 17.5. The highest BCUT2D eigenvalue weighted by Gasteiger charge is 2.37. The van der Waals surface area contributed by atoms with Crippen LogP contribution in [0.4, 0.5) is 5.69 Å². The summed E-state index contributed by atoms with van der Waals surface area (Å²) in [7, 11) is 0. The van der Waals surface area contributed by atoms with Crippen LogP contribution in [0, 0.1) is 28.4 Å². The molecule has 3 N–H and O–H groups in total. The maximum atomic E-state index is 11.4. The van der Waals surface area contributed by atoms with Gasteiger partial charge in [-0.15, -0.1) is 5.10 Å². The van der Waals surface area contributed by atoms with E-state index < -0.39 is 10.8 Å². The van der Waals surface area contributed by atoms with Gasteiger partial charge in [-0.3, -0.25) is 15.2 Å². The molecule has 0 bridgehead atoms. The lowest BCUT2D eigenvalue weighted by molar-refractivity contribution is -0.385. The maximum Gasteiger partial charge on any atom is 0.273 e. The van der Waals surface area contributed by atoms with Crippen molar-refractivity contribution in [2.75, 3.05) is 0 Å². The molecule has 0 radical (unpaired) electrons. The van der Waals surface area contributed by atoms with Gasteiger partial charge < -0.3 is 14.9 Å². The number of aromatic amines is 1. The molecule has 1 aliphatic rings. The van der Waals surface area contributed by atoms with Gasteiger partial charge in [-0.05, 0) is 31.2 Å². The zero-order chi connectivity index (χ0) is 24.0. The Morgan fingerprint density at radius 1 is 1.21 bits per heavy atom. The molecule has 0 saturated heterocycles. The number of nitrogens with one attached hydrogen (secondary N) is 1. The Balaban J connectivity index is 1.66. The molecule has 1 aliphatic heterocycles. The lowest BCUT2D eigenvalue weighted by atomic mass is 9.86. The average Bonchev–Trinajstić information content (AvgIpc) is 3.46. The summed E-state index contributed by atoms with van der Waals surface area (Å²) in [5, 5.41) is 29.0. The monoisotopic (exact) mass is 473 g/mol. The van der Waals surface area contributed by atoms with Gasteiger partial charge in [-0.2, -0.15) is 5.26 Å². The van der Waals surface area contributed by atoms with E-state index >= 15 is 0 Å². The van der Waals surface area contributed by atoms with Gasteiger partial charge in [-0.1, -0.05) is 35.9 Å². The number of hydrogen-bond acceptors (Lipinski definition) is 7. The first-order valence-corrected chi connectivity index (χ1v) is 10.5. The molecule has 34 heavy (non-hydrogen) atoms. The SMILES string of the molecule is Cc1c(-c2ccc(C3C(C#N)=C(N)Oc4n[nH]c(-c5ccc(Cl)cc5)c43)o2)cccc1[N+](=O)[O-]. The molecule has 0 saturated carbocycles. The number of nitro benzene ring substituents is 1. The number of furan rings is 1. The van der Waals surface area contributed by atoms with Crippen molar-refractivity contribution in [2.45, 2.75) is 12.8 Å². The molecule has 0 aliphatic carbocycles. The fourth-order valence-corrected chi connectivity index (χ4v) is 4.23. The predicted octanol–water partition coefficient (Wildman–Crippen LogP) is 5.42. The Bertz CT molecular complexity index is 1510. The van der Waals surface area contributed by atoms with Crippen LogP contribution >= 0.6 is 11.6 Å². The average molecular weight is 474 g/mol. The summed E-state index contributed by atoms with van der Waals surface area (Å²) >= 11 is 6.04. The third-order valence-corrected chi connectivity index (χ3v) is 6.00. The zero-order valence-corrected chi connectivity index (χ0v) is 18.5. The second-order valence-corrected chi connectivity index (χ2v) is 8.09. The van der Waals surface area contributed by atoms with Gasteiger partial charge in [0.25, 0.3) is 5.69 Å². The summed E-state index contributed by atoms with van der Waals surface area (Å²) in [6.07, 6.45) is 0. The van der Waals surface area contributed by atoms with Gasteiger partial charge in [0.1, 0.15) is 23.2 Å². The first-order chi connectivity index (χ1) is 16.4. The van der Waals surface area contributed by atoms with Crippen LogP contribution < -0.4 is 10.5 Å². The Labute approximate surface area is 198 Å². The summed E-state index contributed by atoms with van der Waals surface area (Å²) < 4.78 is 11.8.